The Bertz CT molecular complexity index is 625. The molecule has 0 aliphatic carbocycles. The summed E-state index contributed by atoms with van der Waals surface area (Å²) < 4.78 is 1.65. The van der Waals surface area contributed by atoms with Crippen LogP contribution in [0.3, 0.4) is 0 Å². The number of amides is 1. The van der Waals surface area contributed by atoms with E-state index in [2.05, 4.69) is 29.2 Å². The molecule has 0 radical (unpaired) electrons. The average molecular weight is 285 g/mol. The lowest BCUT2D eigenvalue weighted by Gasteiger charge is -2.38. The minimum atomic E-state index is 0.0674. The Labute approximate surface area is 123 Å². The fourth-order valence-electron chi connectivity index (χ4n) is 2.63. The van der Waals surface area contributed by atoms with Gasteiger partial charge < -0.3 is 10.2 Å². The van der Waals surface area contributed by atoms with Crippen molar-refractivity contribution < 1.29 is 4.79 Å². The number of nitrogens with one attached hydrogen (secondary N) is 1. The van der Waals surface area contributed by atoms with Gasteiger partial charge in [-0.25, -0.2) is 9.67 Å². The van der Waals surface area contributed by atoms with E-state index in [0.717, 1.165) is 18.8 Å². The number of nitrogens with zero attached hydrogens (tertiary/aromatic N) is 4. The van der Waals surface area contributed by atoms with Crippen LogP contribution in [0.5, 0.6) is 0 Å². The molecule has 1 N–H and O–H groups in total. The van der Waals surface area contributed by atoms with Crippen molar-refractivity contribution in [2.45, 2.75) is 25.9 Å². The zero-order valence-corrected chi connectivity index (χ0v) is 12.2. The molecule has 1 aliphatic rings. The standard InChI is InChI=1S/C15H19N5O/c1-11-12(2)19(7-6-17-11)15(21)13-4-3-5-14(8-13)20-10-16-9-18-20/h3-5,8-12,17H,6-7H2,1-2H3. The van der Waals surface area contributed by atoms with Gasteiger partial charge in [0.2, 0.25) is 0 Å². The van der Waals surface area contributed by atoms with E-state index in [4.69, 9.17) is 0 Å². The fourth-order valence-corrected chi connectivity index (χ4v) is 2.63. The second kappa shape index (κ2) is 5.65. The number of hydrogen-bond donors (Lipinski definition) is 1. The first-order valence-corrected chi connectivity index (χ1v) is 7.16. The van der Waals surface area contributed by atoms with Crippen LogP contribution < -0.4 is 5.32 Å². The minimum Gasteiger partial charge on any atom is -0.333 e. The number of piperazine rings is 1. The van der Waals surface area contributed by atoms with Crippen molar-refractivity contribution in [1.29, 1.82) is 0 Å². The molecule has 2 atom stereocenters. The van der Waals surface area contributed by atoms with Crippen LogP contribution in [0.1, 0.15) is 24.2 Å². The van der Waals surface area contributed by atoms with E-state index in [1.807, 2.05) is 29.2 Å². The maximum absolute atomic E-state index is 12.7. The Morgan fingerprint density at radius 2 is 2.24 bits per heavy atom. The van der Waals surface area contributed by atoms with Gasteiger partial charge in [-0.05, 0) is 32.0 Å². The molecule has 1 fully saturated rings. The second-order valence-corrected chi connectivity index (χ2v) is 5.37. The van der Waals surface area contributed by atoms with Crippen LogP contribution in [0.25, 0.3) is 5.69 Å². The Kier molecular flexibility index (Phi) is 3.70. The van der Waals surface area contributed by atoms with Gasteiger partial charge in [-0.1, -0.05) is 6.07 Å². The molecule has 1 amide bonds. The molecule has 2 unspecified atom stereocenters. The maximum Gasteiger partial charge on any atom is 0.254 e. The number of rotatable bonds is 2. The van der Waals surface area contributed by atoms with Gasteiger partial charge >= 0.3 is 0 Å². The summed E-state index contributed by atoms with van der Waals surface area (Å²) in [6.45, 7) is 5.75. The summed E-state index contributed by atoms with van der Waals surface area (Å²) in [6, 6.07) is 7.98. The lowest BCUT2D eigenvalue weighted by atomic mass is 10.1. The van der Waals surface area contributed by atoms with Gasteiger partial charge in [-0.3, -0.25) is 4.79 Å². The third kappa shape index (κ3) is 2.67. The first-order valence-electron chi connectivity index (χ1n) is 7.16. The molecule has 2 aromatic rings. The zero-order chi connectivity index (χ0) is 14.8. The van der Waals surface area contributed by atoms with Crippen molar-refractivity contribution in [2.75, 3.05) is 13.1 Å². The number of hydrogen-bond acceptors (Lipinski definition) is 4. The van der Waals surface area contributed by atoms with E-state index in [0.29, 0.717) is 11.6 Å². The molecule has 6 heteroatoms. The van der Waals surface area contributed by atoms with Crippen LogP contribution >= 0.6 is 0 Å². The van der Waals surface area contributed by atoms with Crippen LogP contribution in [-0.2, 0) is 0 Å². The van der Waals surface area contributed by atoms with Crippen LogP contribution in [0.4, 0.5) is 0 Å². The first kappa shape index (κ1) is 13.8. The molecule has 2 heterocycles. The Balaban J connectivity index is 1.86. The SMILES string of the molecule is CC1NCCN(C(=O)c2cccc(-n3cncn3)c2)C1C. The summed E-state index contributed by atoms with van der Waals surface area (Å²) in [5.41, 5.74) is 1.53. The molecule has 1 saturated heterocycles. The van der Waals surface area contributed by atoms with Crippen molar-refractivity contribution in [1.82, 2.24) is 25.0 Å². The summed E-state index contributed by atoms with van der Waals surface area (Å²) in [5.74, 6) is 0.0674. The number of carbonyl (C=O) groups excluding carboxylic acids is 1. The highest BCUT2D eigenvalue weighted by molar-refractivity contribution is 5.95. The summed E-state index contributed by atoms with van der Waals surface area (Å²) in [7, 11) is 0. The first-order chi connectivity index (χ1) is 10.2. The lowest BCUT2D eigenvalue weighted by Crippen LogP contribution is -2.57. The second-order valence-electron chi connectivity index (χ2n) is 5.37. The van der Waals surface area contributed by atoms with E-state index in [9.17, 15) is 4.79 Å². The molecule has 1 aliphatic heterocycles. The number of carbonyl (C=O) groups is 1. The molecule has 0 saturated carbocycles. The smallest absolute Gasteiger partial charge is 0.254 e. The summed E-state index contributed by atoms with van der Waals surface area (Å²) >= 11 is 0. The summed E-state index contributed by atoms with van der Waals surface area (Å²) in [6.07, 6.45) is 3.10. The molecule has 21 heavy (non-hydrogen) atoms. The Hall–Kier alpha value is -2.21. The van der Waals surface area contributed by atoms with Gasteiger partial charge in [0.1, 0.15) is 12.7 Å². The summed E-state index contributed by atoms with van der Waals surface area (Å²) in [5, 5.41) is 7.48. The highest BCUT2D eigenvalue weighted by atomic mass is 16.2. The van der Waals surface area contributed by atoms with Crippen LogP contribution in [0.15, 0.2) is 36.9 Å². The van der Waals surface area contributed by atoms with E-state index in [1.54, 1.807) is 11.0 Å². The number of aromatic nitrogens is 3. The van der Waals surface area contributed by atoms with Gasteiger partial charge in [0.15, 0.2) is 0 Å². The molecule has 1 aromatic heterocycles. The van der Waals surface area contributed by atoms with Gasteiger partial charge in [-0.2, -0.15) is 5.10 Å². The van der Waals surface area contributed by atoms with Crippen molar-refractivity contribution in [3.8, 4) is 5.69 Å². The van der Waals surface area contributed by atoms with Gasteiger partial charge in [0.05, 0.1) is 5.69 Å². The molecule has 3 rings (SSSR count). The third-order valence-electron chi connectivity index (χ3n) is 4.07. The van der Waals surface area contributed by atoms with Crippen LogP contribution in [0, 0.1) is 0 Å². The molecule has 0 spiro atoms. The largest absolute Gasteiger partial charge is 0.333 e. The quantitative estimate of drug-likeness (QED) is 0.897. The van der Waals surface area contributed by atoms with E-state index >= 15 is 0 Å². The Morgan fingerprint density at radius 1 is 1.38 bits per heavy atom. The predicted molar refractivity (Wildman–Crippen MR) is 79.3 cm³/mol. The molecular formula is C15H19N5O. The van der Waals surface area contributed by atoms with E-state index < -0.39 is 0 Å². The average Bonchev–Trinajstić information content (AvgIpc) is 3.04. The predicted octanol–water partition coefficient (Wildman–Crippen LogP) is 1.09. The van der Waals surface area contributed by atoms with Crippen LogP contribution in [-0.4, -0.2) is 50.7 Å². The van der Waals surface area contributed by atoms with Crippen molar-refractivity contribution in [3.63, 3.8) is 0 Å². The topological polar surface area (TPSA) is 63.1 Å². The van der Waals surface area contributed by atoms with E-state index in [1.165, 1.54) is 6.33 Å². The minimum absolute atomic E-state index is 0.0674. The lowest BCUT2D eigenvalue weighted by molar-refractivity contribution is 0.0603. The molecular weight excluding hydrogens is 266 g/mol. The molecule has 6 nitrogen and oxygen atoms in total. The zero-order valence-electron chi connectivity index (χ0n) is 12.2. The van der Waals surface area contributed by atoms with E-state index in [-0.39, 0.29) is 11.9 Å². The maximum atomic E-state index is 12.7. The van der Waals surface area contributed by atoms with Gasteiger partial charge in [0.25, 0.3) is 5.91 Å². The van der Waals surface area contributed by atoms with Gasteiger partial charge in [0, 0.05) is 30.7 Å². The Morgan fingerprint density at radius 3 is 3.00 bits per heavy atom. The van der Waals surface area contributed by atoms with Crippen molar-refractivity contribution >= 4 is 5.91 Å². The fraction of sp³-hybridized carbons (Fsp3) is 0.400. The monoisotopic (exact) mass is 285 g/mol. The van der Waals surface area contributed by atoms with Crippen molar-refractivity contribution in [3.05, 3.63) is 42.5 Å². The number of benzene rings is 1. The molecule has 110 valence electrons. The highest BCUT2D eigenvalue weighted by Crippen LogP contribution is 2.16. The van der Waals surface area contributed by atoms with Crippen molar-refractivity contribution in [2.24, 2.45) is 0 Å². The molecule has 0 bridgehead atoms. The van der Waals surface area contributed by atoms with Gasteiger partial charge in [-0.15, -0.1) is 0 Å². The summed E-state index contributed by atoms with van der Waals surface area (Å²) in [4.78, 5) is 18.6. The van der Waals surface area contributed by atoms with Crippen LogP contribution in [0.2, 0.25) is 0 Å². The highest BCUT2D eigenvalue weighted by Gasteiger charge is 2.28. The normalized spacial score (nSPS) is 22.3. The molecule has 1 aromatic carbocycles. The third-order valence-corrected chi connectivity index (χ3v) is 4.07.